The molecule has 0 unspecified atom stereocenters. The van der Waals surface area contributed by atoms with E-state index in [2.05, 4.69) is 25.1 Å². The molecule has 1 aliphatic rings. The zero-order valence-corrected chi connectivity index (χ0v) is 8.29. The van der Waals surface area contributed by atoms with Gasteiger partial charge in [-0.25, -0.2) is 4.79 Å². The fourth-order valence-corrected chi connectivity index (χ4v) is 1.87. The summed E-state index contributed by atoms with van der Waals surface area (Å²) in [6.07, 6.45) is 0.917. The average molecular weight is 190 g/mol. The molecule has 0 atom stereocenters. The molecule has 3 nitrogen and oxygen atoms in total. The van der Waals surface area contributed by atoms with Gasteiger partial charge < -0.3 is 10.6 Å². The van der Waals surface area contributed by atoms with Gasteiger partial charge in [0, 0.05) is 13.1 Å². The number of nitrogens with zero attached hydrogens (tertiary/aromatic N) is 1. The van der Waals surface area contributed by atoms with E-state index in [-0.39, 0.29) is 6.03 Å². The minimum atomic E-state index is -0.323. The van der Waals surface area contributed by atoms with Crippen LogP contribution in [0.2, 0.25) is 0 Å². The number of benzene rings is 1. The van der Waals surface area contributed by atoms with Gasteiger partial charge in [-0.15, -0.1) is 0 Å². The molecule has 0 aliphatic carbocycles. The summed E-state index contributed by atoms with van der Waals surface area (Å²) in [5, 5.41) is 0. The molecule has 1 heterocycles. The van der Waals surface area contributed by atoms with Crippen molar-refractivity contribution in [2.75, 3.05) is 6.54 Å². The Morgan fingerprint density at radius 2 is 2.21 bits per heavy atom. The van der Waals surface area contributed by atoms with E-state index in [0.29, 0.717) is 6.54 Å². The van der Waals surface area contributed by atoms with Gasteiger partial charge in [-0.05, 0) is 24.5 Å². The van der Waals surface area contributed by atoms with E-state index in [4.69, 9.17) is 5.73 Å². The maximum absolute atomic E-state index is 11.0. The number of hydrogen-bond donors (Lipinski definition) is 1. The lowest BCUT2D eigenvalue weighted by Gasteiger charge is -2.27. The average Bonchev–Trinajstić information content (AvgIpc) is 2.16. The van der Waals surface area contributed by atoms with Gasteiger partial charge in [-0.2, -0.15) is 0 Å². The number of aryl methyl sites for hydroxylation is 1. The Hall–Kier alpha value is -1.51. The van der Waals surface area contributed by atoms with Crippen molar-refractivity contribution >= 4 is 6.03 Å². The van der Waals surface area contributed by atoms with Crippen molar-refractivity contribution in [3.63, 3.8) is 0 Å². The minimum Gasteiger partial charge on any atom is -0.351 e. The van der Waals surface area contributed by atoms with Crippen LogP contribution in [0.5, 0.6) is 0 Å². The molecule has 0 spiro atoms. The molecular weight excluding hydrogens is 176 g/mol. The molecule has 0 aromatic heterocycles. The van der Waals surface area contributed by atoms with E-state index in [9.17, 15) is 4.79 Å². The van der Waals surface area contributed by atoms with Crippen LogP contribution in [0, 0.1) is 6.92 Å². The van der Waals surface area contributed by atoms with E-state index >= 15 is 0 Å². The van der Waals surface area contributed by atoms with Gasteiger partial charge in [0.05, 0.1) is 0 Å². The molecule has 0 saturated carbocycles. The number of nitrogens with two attached hydrogens (primary N) is 1. The van der Waals surface area contributed by atoms with Crippen LogP contribution in [0.15, 0.2) is 18.2 Å². The fraction of sp³-hybridized carbons (Fsp3) is 0.364. The molecule has 0 saturated heterocycles. The summed E-state index contributed by atoms with van der Waals surface area (Å²) >= 11 is 0. The highest BCUT2D eigenvalue weighted by molar-refractivity contribution is 5.72. The molecular formula is C11H14N2O. The van der Waals surface area contributed by atoms with Crippen molar-refractivity contribution in [2.45, 2.75) is 19.9 Å². The number of carbonyl (C=O) groups is 1. The molecule has 1 aromatic carbocycles. The van der Waals surface area contributed by atoms with Crippen LogP contribution in [0.1, 0.15) is 16.7 Å². The Labute approximate surface area is 83.5 Å². The van der Waals surface area contributed by atoms with E-state index in [1.807, 2.05) is 0 Å². The van der Waals surface area contributed by atoms with Crippen molar-refractivity contribution in [3.05, 3.63) is 34.9 Å². The van der Waals surface area contributed by atoms with Crippen LogP contribution < -0.4 is 5.73 Å². The number of rotatable bonds is 0. The van der Waals surface area contributed by atoms with Gasteiger partial charge >= 0.3 is 6.03 Å². The lowest BCUT2D eigenvalue weighted by Crippen LogP contribution is -2.39. The summed E-state index contributed by atoms with van der Waals surface area (Å²) < 4.78 is 0. The normalized spacial score (nSPS) is 15.1. The number of carbonyl (C=O) groups excluding carboxylic acids is 1. The van der Waals surface area contributed by atoms with E-state index in [1.165, 1.54) is 16.7 Å². The molecule has 1 aromatic rings. The van der Waals surface area contributed by atoms with Crippen molar-refractivity contribution < 1.29 is 4.79 Å². The fourth-order valence-electron chi connectivity index (χ4n) is 1.87. The lowest BCUT2D eigenvalue weighted by molar-refractivity contribution is 0.202. The van der Waals surface area contributed by atoms with Crippen LogP contribution in [-0.2, 0) is 13.0 Å². The summed E-state index contributed by atoms with van der Waals surface area (Å²) in [5.41, 5.74) is 9.09. The third kappa shape index (κ3) is 1.58. The molecule has 2 rings (SSSR count). The highest BCUT2D eigenvalue weighted by atomic mass is 16.2. The van der Waals surface area contributed by atoms with Crippen molar-refractivity contribution in [1.82, 2.24) is 4.90 Å². The largest absolute Gasteiger partial charge is 0.351 e. The van der Waals surface area contributed by atoms with Crippen molar-refractivity contribution in [3.8, 4) is 0 Å². The molecule has 1 aliphatic heterocycles. The van der Waals surface area contributed by atoms with Gasteiger partial charge in [0.15, 0.2) is 0 Å². The maximum Gasteiger partial charge on any atom is 0.315 e. The Morgan fingerprint density at radius 3 is 2.93 bits per heavy atom. The van der Waals surface area contributed by atoms with Crippen LogP contribution in [0.3, 0.4) is 0 Å². The molecule has 0 fully saturated rings. The molecule has 0 radical (unpaired) electrons. The zero-order chi connectivity index (χ0) is 10.1. The Bertz CT molecular complexity index is 374. The van der Waals surface area contributed by atoms with Crippen LogP contribution in [0.25, 0.3) is 0 Å². The first-order valence-corrected chi connectivity index (χ1v) is 4.79. The molecule has 3 heteroatoms. The first kappa shape index (κ1) is 9.06. The SMILES string of the molecule is Cc1ccc2c(c1)CCN(C(N)=O)C2. The monoisotopic (exact) mass is 190 g/mol. The molecule has 74 valence electrons. The standard InChI is InChI=1S/C11H14N2O/c1-8-2-3-10-7-13(11(12)14)5-4-9(10)6-8/h2-3,6H,4-5,7H2,1H3,(H2,12,14). The maximum atomic E-state index is 11.0. The molecule has 2 N–H and O–H groups in total. The predicted molar refractivity (Wildman–Crippen MR) is 54.9 cm³/mol. The summed E-state index contributed by atoms with van der Waals surface area (Å²) in [4.78, 5) is 12.7. The molecule has 2 amide bonds. The molecule has 14 heavy (non-hydrogen) atoms. The second-order valence-electron chi connectivity index (χ2n) is 3.78. The van der Waals surface area contributed by atoms with Gasteiger partial charge in [-0.1, -0.05) is 23.8 Å². The predicted octanol–water partition coefficient (Wildman–Crippen LogP) is 1.43. The Morgan fingerprint density at radius 1 is 1.43 bits per heavy atom. The second kappa shape index (κ2) is 3.33. The van der Waals surface area contributed by atoms with E-state index in [1.54, 1.807) is 4.90 Å². The Balaban J connectivity index is 2.27. The summed E-state index contributed by atoms with van der Waals surface area (Å²) in [6.45, 7) is 3.48. The highest BCUT2D eigenvalue weighted by Crippen LogP contribution is 2.19. The first-order chi connectivity index (χ1) is 6.66. The second-order valence-corrected chi connectivity index (χ2v) is 3.78. The lowest BCUT2D eigenvalue weighted by atomic mass is 9.98. The topological polar surface area (TPSA) is 46.3 Å². The number of fused-ring (bicyclic) bond motifs is 1. The number of primary amides is 1. The van der Waals surface area contributed by atoms with Crippen molar-refractivity contribution in [2.24, 2.45) is 5.73 Å². The zero-order valence-electron chi connectivity index (χ0n) is 8.29. The summed E-state index contributed by atoms with van der Waals surface area (Å²) in [6, 6.07) is 6.02. The van der Waals surface area contributed by atoms with Crippen LogP contribution in [0.4, 0.5) is 4.79 Å². The summed E-state index contributed by atoms with van der Waals surface area (Å²) in [5.74, 6) is 0. The van der Waals surface area contributed by atoms with E-state index < -0.39 is 0 Å². The quantitative estimate of drug-likeness (QED) is 0.661. The minimum absolute atomic E-state index is 0.323. The van der Waals surface area contributed by atoms with Gasteiger partial charge in [0.2, 0.25) is 0 Å². The third-order valence-electron chi connectivity index (χ3n) is 2.69. The number of amides is 2. The highest BCUT2D eigenvalue weighted by Gasteiger charge is 2.17. The number of urea groups is 1. The van der Waals surface area contributed by atoms with Crippen LogP contribution >= 0.6 is 0 Å². The van der Waals surface area contributed by atoms with E-state index in [0.717, 1.165) is 13.0 Å². The van der Waals surface area contributed by atoms with Crippen molar-refractivity contribution in [1.29, 1.82) is 0 Å². The third-order valence-corrected chi connectivity index (χ3v) is 2.69. The molecule has 0 bridgehead atoms. The van der Waals surface area contributed by atoms with Gasteiger partial charge in [-0.3, -0.25) is 0 Å². The Kier molecular flexibility index (Phi) is 2.15. The smallest absolute Gasteiger partial charge is 0.315 e. The first-order valence-electron chi connectivity index (χ1n) is 4.79. The number of hydrogen-bond acceptors (Lipinski definition) is 1. The summed E-state index contributed by atoms with van der Waals surface area (Å²) in [7, 11) is 0. The van der Waals surface area contributed by atoms with Crippen LogP contribution in [-0.4, -0.2) is 17.5 Å². The van der Waals surface area contributed by atoms with Gasteiger partial charge in [0.25, 0.3) is 0 Å². The van der Waals surface area contributed by atoms with Gasteiger partial charge in [0.1, 0.15) is 0 Å².